The summed E-state index contributed by atoms with van der Waals surface area (Å²) in [5.74, 6) is 0.771. The minimum absolute atomic E-state index is 0.119. The molecule has 0 bridgehead atoms. The number of carbonyl (C=O) groups excluding carboxylic acids is 1. The molecule has 0 heterocycles. The lowest BCUT2D eigenvalue weighted by Gasteiger charge is -2.21. The molecule has 0 aliphatic heterocycles. The van der Waals surface area contributed by atoms with Gasteiger partial charge < -0.3 is 9.64 Å². The van der Waals surface area contributed by atoms with Crippen LogP contribution in [0.25, 0.3) is 0 Å². The molecule has 3 nitrogen and oxygen atoms in total. The van der Waals surface area contributed by atoms with E-state index < -0.39 is 0 Å². The number of hydrogen-bond acceptors (Lipinski definition) is 3. The van der Waals surface area contributed by atoms with Gasteiger partial charge in [0.2, 0.25) is 0 Å². The Labute approximate surface area is 101 Å². The molecule has 1 aromatic rings. The summed E-state index contributed by atoms with van der Waals surface area (Å²) in [5, 5.41) is 0.554. The van der Waals surface area contributed by atoms with Gasteiger partial charge in [0.1, 0.15) is 11.5 Å². The number of rotatable bonds is 4. The number of nitrogens with zero attached hydrogens (tertiary/aromatic N) is 1. The van der Waals surface area contributed by atoms with Crippen molar-refractivity contribution in [3.8, 4) is 5.75 Å². The molecule has 0 atom stereocenters. The zero-order chi connectivity index (χ0) is 12.3. The van der Waals surface area contributed by atoms with Crippen LogP contribution in [0.3, 0.4) is 0 Å². The van der Waals surface area contributed by atoms with Crippen LogP contribution >= 0.6 is 11.6 Å². The van der Waals surface area contributed by atoms with Crippen molar-refractivity contribution < 1.29 is 9.53 Å². The van der Waals surface area contributed by atoms with Crippen LogP contribution in [0.4, 0.5) is 5.69 Å². The van der Waals surface area contributed by atoms with Gasteiger partial charge in [0, 0.05) is 12.7 Å². The number of anilines is 1. The monoisotopic (exact) mass is 241 g/mol. The molecular weight excluding hydrogens is 226 g/mol. The van der Waals surface area contributed by atoms with Crippen LogP contribution in [0.15, 0.2) is 12.1 Å². The van der Waals surface area contributed by atoms with Gasteiger partial charge in [-0.1, -0.05) is 11.6 Å². The van der Waals surface area contributed by atoms with E-state index >= 15 is 0 Å². The van der Waals surface area contributed by atoms with Gasteiger partial charge in [0.05, 0.1) is 18.7 Å². The minimum atomic E-state index is 0.119. The van der Waals surface area contributed by atoms with E-state index in [1.807, 2.05) is 31.0 Å². The molecule has 0 radical (unpaired) electrons. The standard InChI is InChI=1S/C12H16ClNO2/c1-8-5-12(16-4)10(13)6-11(8)14(3)7-9(2)15/h5-6H,7H2,1-4H3. The highest BCUT2D eigenvalue weighted by Gasteiger charge is 2.10. The summed E-state index contributed by atoms with van der Waals surface area (Å²) < 4.78 is 5.12. The fraction of sp³-hybridized carbons (Fsp3) is 0.417. The molecule has 88 valence electrons. The molecule has 0 aromatic heterocycles. The van der Waals surface area contributed by atoms with Crippen molar-refractivity contribution in [3.05, 3.63) is 22.7 Å². The smallest absolute Gasteiger partial charge is 0.149 e. The van der Waals surface area contributed by atoms with Crippen LogP contribution in [-0.2, 0) is 4.79 Å². The van der Waals surface area contributed by atoms with E-state index in [0.29, 0.717) is 17.3 Å². The molecule has 0 unspecified atom stereocenters. The van der Waals surface area contributed by atoms with Gasteiger partial charge in [-0.15, -0.1) is 0 Å². The van der Waals surface area contributed by atoms with Crippen molar-refractivity contribution in [3.63, 3.8) is 0 Å². The van der Waals surface area contributed by atoms with Crippen LogP contribution in [0, 0.1) is 6.92 Å². The third-order valence-electron chi connectivity index (χ3n) is 2.34. The van der Waals surface area contributed by atoms with E-state index in [0.717, 1.165) is 11.3 Å². The number of benzene rings is 1. The normalized spacial score (nSPS) is 10.1. The molecule has 0 N–H and O–H groups in total. The second-order valence-corrected chi connectivity index (χ2v) is 4.24. The molecule has 4 heteroatoms. The molecule has 1 aromatic carbocycles. The summed E-state index contributed by atoms with van der Waals surface area (Å²) in [6.45, 7) is 3.91. The van der Waals surface area contributed by atoms with Crippen molar-refractivity contribution in [2.24, 2.45) is 0 Å². The van der Waals surface area contributed by atoms with Gasteiger partial charge in [-0.05, 0) is 31.5 Å². The minimum Gasteiger partial charge on any atom is -0.495 e. The topological polar surface area (TPSA) is 29.5 Å². The average molecular weight is 242 g/mol. The molecule has 0 saturated carbocycles. The summed E-state index contributed by atoms with van der Waals surface area (Å²) in [5.41, 5.74) is 1.98. The number of carbonyl (C=O) groups is 1. The summed E-state index contributed by atoms with van der Waals surface area (Å²) in [4.78, 5) is 12.9. The maximum Gasteiger partial charge on any atom is 0.149 e. The van der Waals surface area contributed by atoms with E-state index in [9.17, 15) is 4.79 Å². The number of hydrogen-bond donors (Lipinski definition) is 0. The van der Waals surface area contributed by atoms with Gasteiger partial charge in [0.15, 0.2) is 0 Å². The number of halogens is 1. The second kappa shape index (κ2) is 5.21. The Hall–Kier alpha value is -1.22. The summed E-state index contributed by atoms with van der Waals surface area (Å²) >= 11 is 6.05. The van der Waals surface area contributed by atoms with Gasteiger partial charge in [-0.25, -0.2) is 0 Å². The fourth-order valence-electron chi connectivity index (χ4n) is 1.63. The van der Waals surface area contributed by atoms with Crippen LogP contribution in [-0.4, -0.2) is 26.5 Å². The van der Waals surface area contributed by atoms with Gasteiger partial charge >= 0.3 is 0 Å². The fourth-order valence-corrected chi connectivity index (χ4v) is 1.87. The Balaban J connectivity index is 3.05. The highest BCUT2D eigenvalue weighted by atomic mass is 35.5. The first kappa shape index (κ1) is 12.8. The predicted molar refractivity (Wildman–Crippen MR) is 66.7 cm³/mol. The van der Waals surface area contributed by atoms with E-state index in [2.05, 4.69) is 0 Å². The van der Waals surface area contributed by atoms with Crippen molar-refractivity contribution in [2.45, 2.75) is 13.8 Å². The molecule has 0 fully saturated rings. The number of ether oxygens (including phenoxy) is 1. The molecule has 16 heavy (non-hydrogen) atoms. The van der Waals surface area contributed by atoms with Crippen LogP contribution < -0.4 is 9.64 Å². The molecule has 0 amide bonds. The first-order valence-electron chi connectivity index (χ1n) is 5.00. The molecule has 0 aliphatic rings. The quantitative estimate of drug-likeness (QED) is 0.812. The maximum absolute atomic E-state index is 11.0. The largest absolute Gasteiger partial charge is 0.495 e. The first-order valence-corrected chi connectivity index (χ1v) is 5.38. The van der Waals surface area contributed by atoms with Crippen LogP contribution in [0.1, 0.15) is 12.5 Å². The average Bonchev–Trinajstić information content (AvgIpc) is 2.19. The molecule has 0 aliphatic carbocycles. The Morgan fingerprint density at radius 1 is 1.50 bits per heavy atom. The van der Waals surface area contributed by atoms with E-state index in [-0.39, 0.29) is 5.78 Å². The number of likely N-dealkylation sites (N-methyl/N-ethyl adjacent to an activating group) is 1. The lowest BCUT2D eigenvalue weighted by molar-refractivity contribution is -0.115. The Kier molecular flexibility index (Phi) is 4.19. The zero-order valence-corrected chi connectivity index (χ0v) is 10.8. The highest BCUT2D eigenvalue weighted by molar-refractivity contribution is 6.32. The number of aryl methyl sites for hydroxylation is 1. The number of ketones is 1. The SMILES string of the molecule is COc1cc(C)c(N(C)CC(C)=O)cc1Cl. The van der Waals surface area contributed by atoms with Gasteiger partial charge in [-0.3, -0.25) is 4.79 Å². The van der Waals surface area contributed by atoms with Crippen LogP contribution in [0.5, 0.6) is 5.75 Å². The lowest BCUT2D eigenvalue weighted by Crippen LogP contribution is -2.24. The van der Waals surface area contributed by atoms with Crippen molar-refractivity contribution >= 4 is 23.1 Å². The predicted octanol–water partition coefficient (Wildman–Crippen LogP) is 2.68. The second-order valence-electron chi connectivity index (χ2n) is 3.83. The van der Waals surface area contributed by atoms with Crippen molar-refractivity contribution in [1.82, 2.24) is 0 Å². The van der Waals surface area contributed by atoms with Gasteiger partial charge in [0.25, 0.3) is 0 Å². The molecule has 0 saturated heterocycles. The number of methoxy groups -OCH3 is 1. The molecule has 0 spiro atoms. The Bertz CT molecular complexity index is 404. The van der Waals surface area contributed by atoms with E-state index in [4.69, 9.17) is 16.3 Å². The molecule has 1 rings (SSSR count). The van der Waals surface area contributed by atoms with Crippen molar-refractivity contribution in [2.75, 3.05) is 25.6 Å². The third-order valence-corrected chi connectivity index (χ3v) is 2.64. The molecular formula is C12H16ClNO2. The summed E-state index contributed by atoms with van der Waals surface area (Å²) in [6.07, 6.45) is 0. The third kappa shape index (κ3) is 2.89. The van der Waals surface area contributed by atoms with E-state index in [1.54, 1.807) is 14.0 Å². The first-order chi connectivity index (χ1) is 7.45. The summed E-state index contributed by atoms with van der Waals surface area (Å²) in [7, 11) is 3.45. The lowest BCUT2D eigenvalue weighted by atomic mass is 10.1. The van der Waals surface area contributed by atoms with Crippen molar-refractivity contribution in [1.29, 1.82) is 0 Å². The highest BCUT2D eigenvalue weighted by Crippen LogP contribution is 2.32. The Morgan fingerprint density at radius 3 is 2.62 bits per heavy atom. The van der Waals surface area contributed by atoms with E-state index in [1.165, 1.54) is 0 Å². The zero-order valence-electron chi connectivity index (χ0n) is 10.0. The Morgan fingerprint density at radius 2 is 2.12 bits per heavy atom. The maximum atomic E-state index is 11.0. The number of Topliss-reactive ketones (excluding diaryl/α,β-unsaturated/α-hetero) is 1. The summed E-state index contributed by atoms with van der Waals surface area (Å²) in [6, 6.07) is 3.69. The van der Waals surface area contributed by atoms with Gasteiger partial charge in [-0.2, -0.15) is 0 Å². The van der Waals surface area contributed by atoms with Crippen LogP contribution in [0.2, 0.25) is 5.02 Å².